The highest BCUT2D eigenvalue weighted by atomic mass is 16.2. The Morgan fingerprint density at radius 1 is 1.03 bits per heavy atom. The second-order valence-corrected chi connectivity index (χ2v) is 9.21. The van der Waals surface area contributed by atoms with Gasteiger partial charge in [-0.1, -0.05) is 42.0 Å². The van der Waals surface area contributed by atoms with Crippen LogP contribution < -0.4 is 0 Å². The summed E-state index contributed by atoms with van der Waals surface area (Å²) in [6, 6.07) is 22.7. The van der Waals surface area contributed by atoms with Crippen LogP contribution in [0.2, 0.25) is 0 Å². The fourth-order valence-corrected chi connectivity index (χ4v) is 4.80. The van der Waals surface area contributed by atoms with E-state index in [9.17, 15) is 4.79 Å². The predicted octanol–water partition coefficient (Wildman–Crippen LogP) is 5.63. The van der Waals surface area contributed by atoms with Gasteiger partial charge in [-0.15, -0.1) is 0 Å². The fraction of sp³-hybridized carbons (Fsp3) is 0.276. The molecule has 5 heteroatoms. The van der Waals surface area contributed by atoms with E-state index in [2.05, 4.69) is 65.0 Å². The van der Waals surface area contributed by atoms with Crippen LogP contribution in [0.3, 0.4) is 0 Å². The highest BCUT2D eigenvalue weighted by Crippen LogP contribution is 2.29. The quantitative estimate of drug-likeness (QED) is 0.396. The third-order valence-electron chi connectivity index (χ3n) is 6.66. The van der Waals surface area contributed by atoms with Gasteiger partial charge in [-0.25, -0.2) is 4.98 Å². The molecule has 3 heterocycles. The summed E-state index contributed by atoms with van der Waals surface area (Å²) in [6.07, 6.45) is 5.81. The molecule has 2 aromatic heterocycles. The van der Waals surface area contributed by atoms with Crippen molar-refractivity contribution in [3.05, 3.63) is 107 Å². The van der Waals surface area contributed by atoms with Gasteiger partial charge in [0.2, 0.25) is 0 Å². The predicted molar refractivity (Wildman–Crippen MR) is 135 cm³/mol. The number of rotatable bonds is 5. The monoisotopic (exact) mass is 450 g/mol. The lowest BCUT2D eigenvalue weighted by Gasteiger charge is -2.33. The maximum atomic E-state index is 13.4. The molecule has 34 heavy (non-hydrogen) atoms. The van der Waals surface area contributed by atoms with Gasteiger partial charge in [-0.05, 0) is 62.6 Å². The molecular formula is C29H30N4O. The number of amides is 1. The van der Waals surface area contributed by atoms with Crippen molar-refractivity contribution >= 4 is 5.91 Å². The third-order valence-corrected chi connectivity index (χ3v) is 6.66. The van der Waals surface area contributed by atoms with Crippen LogP contribution in [0.1, 0.15) is 51.8 Å². The number of carbonyl (C=O) groups is 1. The summed E-state index contributed by atoms with van der Waals surface area (Å²) in [4.78, 5) is 24.7. The zero-order valence-corrected chi connectivity index (χ0v) is 19.8. The number of hydrogen-bond acceptors (Lipinski definition) is 3. The van der Waals surface area contributed by atoms with E-state index in [0.29, 0.717) is 13.1 Å². The number of pyridine rings is 1. The molecular weight excluding hydrogens is 420 g/mol. The molecule has 1 fully saturated rings. The highest BCUT2D eigenvalue weighted by molar-refractivity contribution is 5.94. The molecule has 5 rings (SSSR count). The van der Waals surface area contributed by atoms with E-state index in [1.165, 1.54) is 5.56 Å². The van der Waals surface area contributed by atoms with E-state index in [1.54, 1.807) is 6.20 Å². The van der Waals surface area contributed by atoms with Crippen LogP contribution in [-0.4, -0.2) is 38.4 Å². The summed E-state index contributed by atoms with van der Waals surface area (Å²) in [5, 5.41) is 0. The van der Waals surface area contributed by atoms with Gasteiger partial charge in [0, 0.05) is 54.8 Å². The molecule has 0 unspecified atom stereocenters. The van der Waals surface area contributed by atoms with E-state index < -0.39 is 0 Å². The number of carbonyl (C=O) groups excluding carboxylic acids is 1. The van der Waals surface area contributed by atoms with Gasteiger partial charge < -0.3 is 9.47 Å². The van der Waals surface area contributed by atoms with E-state index in [0.717, 1.165) is 53.3 Å². The Kier molecular flexibility index (Phi) is 6.26. The zero-order chi connectivity index (χ0) is 23.5. The Balaban J connectivity index is 1.32. The van der Waals surface area contributed by atoms with Gasteiger partial charge in [0.15, 0.2) is 0 Å². The molecule has 0 spiro atoms. The van der Waals surface area contributed by atoms with Gasteiger partial charge in [0.25, 0.3) is 5.91 Å². The van der Waals surface area contributed by atoms with Crippen molar-refractivity contribution in [2.75, 3.05) is 13.1 Å². The molecule has 0 N–H and O–H groups in total. The van der Waals surface area contributed by atoms with E-state index in [1.807, 2.05) is 36.2 Å². The molecule has 4 aromatic rings. The molecule has 5 nitrogen and oxygen atoms in total. The molecule has 0 bridgehead atoms. The molecule has 1 saturated heterocycles. The van der Waals surface area contributed by atoms with Crippen molar-refractivity contribution < 1.29 is 4.79 Å². The molecule has 1 atom stereocenters. The van der Waals surface area contributed by atoms with Crippen molar-refractivity contribution in [2.45, 2.75) is 39.2 Å². The number of likely N-dealkylation sites (tertiary alicyclic amines) is 1. The maximum Gasteiger partial charge on any atom is 0.253 e. The molecule has 1 aliphatic rings. The van der Waals surface area contributed by atoms with Gasteiger partial charge in [-0.2, -0.15) is 0 Å². The lowest BCUT2D eigenvalue weighted by molar-refractivity contribution is 0.0706. The summed E-state index contributed by atoms with van der Waals surface area (Å²) < 4.78 is 2.09. The second-order valence-electron chi connectivity index (χ2n) is 9.21. The van der Waals surface area contributed by atoms with Crippen molar-refractivity contribution in [1.29, 1.82) is 0 Å². The highest BCUT2D eigenvalue weighted by Gasteiger charge is 2.26. The smallest absolute Gasteiger partial charge is 0.253 e. The minimum atomic E-state index is 0.101. The van der Waals surface area contributed by atoms with Gasteiger partial charge in [0.05, 0.1) is 5.69 Å². The lowest BCUT2D eigenvalue weighted by atomic mass is 9.93. The van der Waals surface area contributed by atoms with E-state index >= 15 is 0 Å². The first-order chi connectivity index (χ1) is 16.6. The van der Waals surface area contributed by atoms with Gasteiger partial charge >= 0.3 is 0 Å². The number of nitrogens with zero attached hydrogens (tertiary/aromatic N) is 4. The Morgan fingerprint density at radius 2 is 1.88 bits per heavy atom. The summed E-state index contributed by atoms with van der Waals surface area (Å²) >= 11 is 0. The molecule has 0 radical (unpaired) electrons. The summed E-state index contributed by atoms with van der Waals surface area (Å²) in [6.45, 7) is 6.30. The number of aromatic nitrogens is 3. The summed E-state index contributed by atoms with van der Waals surface area (Å²) in [5.74, 6) is 1.32. The molecule has 172 valence electrons. The van der Waals surface area contributed by atoms with Crippen molar-refractivity contribution in [1.82, 2.24) is 19.4 Å². The molecule has 0 saturated carbocycles. The maximum absolute atomic E-state index is 13.4. The largest absolute Gasteiger partial charge is 0.338 e. The molecule has 0 aliphatic carbocycles. The summed E-state index contributed by atoms with van der Waals surface area (Å²) in [5.41, 5.74) is 6.28. The Bertz CT molecular complexity index is 1310. The Hall–Kier alpha value is -3.73. The Labute approximate surface area is 201 Å². The first-order valence-corrected chi connectivity index (χ1v) is 12.0. The molecule has 2 aromatic carbocycles. The minimum absolute atomic E-state index is 0.101. The van der Waals surface area contributed by atoms with Crippen LogP contribution in [-0.2, 0) is 6.54 Å². The number of imidazole rings is 1. The van der Waals surface area contributed by atoms with Crippen molar-refractivity contribution in [3.8, 4) is 11.3 Å². The average molecular weight is 451 g/mol. The third kappa shape index (κ3) is 4.79. The van der Waals surface area contributed by atoms with Crippen LogP contribution in [0.5, 0.6) is 0 Å². The number of hydrogen-bond donors (Lipinski definition) is 0. The second kappa shape index (κ2) is 9.64. The fourth-order valence-electron chi connectivity index (χ4n) is 4.80. The van der Waals surface area contributed by atoms with Crippen molar-refractivity contribution in [2.24, 2.45) is 0 Å². The van der Waals surface area contributed by atoms with Gasteiger partial charge in [-0.3, -0.25) is 9.78 Å². The van der Waals surface area contributed by atoms with E-state index in [-0.39, 0.29) is 11.8 Å². The topological polar surface area (TPSA) is 51.0 Å². The van der Waals surface area contributed by atoms with Crippen molar-refractivity contribution in [3.63, 3.8) is 0 Å². The zero-order valence-electron chi connectivity index (χ0n) is 19.8. The first kappa shape index (κ1) is 22.1. The van der Waals surface area contributed by atoms with Crippen LogP contribution in [0.15, 0.2) is 79.1 Å². The standard InChI is InChI=1S/C29H30N4O/c1-21-7-3-9-24(17-21)27-12-5-13-28(31-27)26-11-6-15-33(20-26)29(34)25-10-4-8-23(18-25)19-32-16-14-30-22(32)2/h3-5,7-10,12-14,16-18,26H,6,11,15,19-20H2,1-2H3/t26-/m0/s1. The number of benzene rings is 2. The number of aryl methyl sites for hydroxylation is 2. The van der Waals surface area contributed by atoms with Gasteiger partial charge in [0.1, 0.15) is 5.82 Å². The minimum Gasteiger partial charge on any atom is -0.338 e. The summed E-state index contributed by atoms with van der Waals surface area (Å²) in [7, 11) is 0. The van der Waals surface area contributed by atoms with Crippen LogP contribution in [0, 0.1) is 13.8 Å². The SMILES string of the molecule is Cc1cccc(-c2cccc([C@H]3CCCN(C(=O)c4cccc(Cn5ccnc5C)c4)C3)n2)c1. The molecule has 1 aliphatic heterocycles. The van der Waals surface area contributed by atoms with Crippen LogP contribution >= 0.6 is 0 Å². The first-order valence-electron chi connectivity index (χ1n) is 12.0. The normalized spacial score (nSPS) is 15.9. The number of piperidine rings is 1. The van der Waals surface area contributed by atoms with Crippen LogP contribution in [0.25, 0.3) is 11.3 Å². The lowest BCUT2D eigenvalue weighted by Crippen LogP contribution is -2.39. The Morgan fingerprint density at radius 3 is 2.71 bits per heavy atom. The van der Waals surface area contributed by atoms with Crippen LogP contribution in [0.4, 0.5) is 0 Å². The van der Waals surface area contributed by atoms with E-state index in [4.69, 9.17) is 4.98 Å². The average Bonchev–Trinajstić information content (AvgIpc) is 3.28. The molecule has 1 amide bonds.